The first kappa shape index (κ1) is 19.8. The van der Waals surface area contributed by atoms with Gasteiger partial charge in [0.25, 0.3) is 0 Å². The number of hydrogen-bond donors (Lipinski definition) is 1. The van der Waals surface area contributed by atoms with Crippen LogP contribution in [-0.4, -0.2) is 12.2 Å². The van der Waals surface area contributed by atoms with Gasteiger partial charge in [-0.15, -0.1) is 50.9 Å². The lowest BCUT2D eigenvalue weighted by Gasteiger charge is -2.20. The smallest absolute Gasteiger partial charge is 0.139 e. The summed E-state index contributed by atoms with van der Waals surface area (Å²) in [5, 5.41) is 9.70. The second kappa shape index (κ2) is 9.42. The summed E-state index contributed by atoms with van der Waals surface area (Å²) in [6.07, 6.45) is 0. The van der Waals surface area contributed by atoms with Crippen LogP contribution in [0.25, 0.3) is 0 Å². The number of benzene rings is 2. The minimum absolute atomic E-state index is 0. The minimum Gasteiger partial charge on any atom is -0.506 e. The van der Waals surface area contributed by atoms with Crippen molar-refractivity contribution in [2.45, 2.75) is 0 Å². The third kappa shape index (κ3) is 4.63. The first-order chi connectivity index (χ1) is 7.29. The Kier molecular flexibility index (Phi) is 10.4. The number of anilines is 2. The Bertz CT molecular complexity index is 451. The molecule has 0 aliphatic carbocycles. The van der Waals surface area contributed by atoms with Gasteiger partial charge in [-0.2, -0.15) is 0 Å². The Morgan fingerprint density at radius 1 is 0.778 bits per heavy atom. The molecular formula is C13H16Br3NO. The second-order valence-corrected chi connectivity index (χ2v) is 3.38. The number of phenols is 1. The molecule has 18 heavy (non-hydrogen) atoms. The average molecular weight is 442 g/mol. The lowest BCUT2D eigenvalue weighted by Crippen LogP contribution is -2.08. The molecule has 0 aromatic heterocycles. The van der Waals surface area contributed by atoms with Gasteiger partial charge in [0.05, 0.1) is 5.69 Å². The van der Waals surface area contributed by atoms with Gasteiger partial charge >= 0.3 is 0 Å². The number of para-hydroxylation sites is 3. The highest BCUT2D eigenvalue weighted by atomic mass is 79.9. The number of phenolic OH excluding ortho intramolecular Hbond substituents is 1. The van der Waals surface area contributed by atoms with E-state index in [2.05, 4.69) is 0 Å². The molecule has 0 aliphatic heterocycles. The topological polar surface area (TPSA) is 23.5 Å². The largest absolute Gasteiger partial charge is 0.506 e. The van der Waals surface area contributed by atoms with E-state index in [1.54, 1.807) is 6.07 Å². The zero-order valence-corrected chi connectivity index (χ0v) is 15.0. The normalized spacial score (nSPS) is 8.28. The molecule has 0 bridgehead atoms. The van der Waals surface area contributed by atoms with E-state index in [-0.39, 0.29) is 50.9 Å². The Labute approximate surface area is 139 Å². The Hall–Kier alpha value is -0.520. The van der Waals surface area contributed by atoms with Crippen molar-refractivity contribution >= 4 is 62.3 Å². The minimum atomic E-state index is 0. The van der Waals surface area contributed by atoms with Crippen LogP contribution in [0.15, 0.2) is 54.6 Å². The van der Waals surface area contributed by atoms with Crippen LogP contribution in [-0.2, 0) is 0 Å². The molecule has 1 N–H and O–H groups in total. The van der Waals surface area contributed by atoms with E-state index in [0.29, 0.717) is 5.75 Å². The van der Waals surface area contributed by atoms with Crippen LogP contribution in [0, 0.1) is 0 Å². The molecule has 0 amide bonds. The van der Waals surface area contributed by atoms with Crippen molar-refractivity contribution in [2.24, 2.45) is 0 Å². The molecule has 0 unspecified atom stereocenters. The summed E-state index contributed by atoms with van der Waals surface area (Å²) in [6.45, 7) is 0. The maximum absolute atomic E-state index is 9.70. The summed E-state index contributed by atoms with van der Waals surface area (Å²) in [5.41, 5.74) is 1.86. The first-order valence-corrected chi connectivity index (χ1v) is 4.86. The fourth-order valence-corrected chi connectivity index (χ4v) is 1.54. The Balaban J connectivity index is 0. The second-order valence-electron chi connectivity index (χ2n) is 3.38. The molecule has 0 aliphatic rings. The van der Waals surface area contributed by atoms with Crippen molar-refractivity contribution in [3.63, 3.8) is 0 Å². The van der Waals surface area contributed by atoms with E-state index in [4.69, 9.17) is 0 Å². The summed E-state index contributed by atoms with van der Waals surface area (Å²) < 4.78 is 0. The summed E-state index contributed by atoms with van der Waals surface area (Å²) in [5.74, 6) is 0.295. The van der Waals surface area contributed by atoms with E-state index < -0.39 is 0 Å². The highest BCUT2D eigenvalue weighted by Crippen LogP contribution is 2.30. The molecule has 0 spiro atoms. The number of rotatable bonds is 2. The van der Waals surface area contributed by atoms with Gasteiger partial charge in [0.2, 0.25) is 0 Å². The van der Waals surface area contributed by atoms with Gasteiger partial charge in [-0.1, -0.05) is 30.3 Å². The molecule has 0 fully saturated rings. The Morgan fingerprint density at radius 2 is 1.28 bits per heavy atom. The zero-order chi connectivity index (χ0) is 10.7. The fourth-order valence-electron chi connectivity index (χ4n) is 1.54. The standard InChI is InChI=1S/C13H13NO.3BrH/c1-14(11-7-3-2-4-8-11)12-9-5-6-10-13(12)15;;;/h2-10,15H,1H3;3*1H. The maximum atomic E-state index is 9.70. The average Bonchev–Trinajstić information content (AvgIpc) is 2.30. The summed E-state index contributed by atoms with van der Waals surface area (Å²) >= 11 is 0. The molecule has 0 heterocycles. The molecule has 2 rings (SSSR count). The van der Waals surface area contributed by atoms with Crippen molar-refractivity contribution in [1.29, 1.82) is 0 Å². The van der Waals surface area contributed by atoms with Crippen molar-refractivity contribution in [3.05, 3.63) is 54.6 Å². The molecule has 5 heteroatoms. The van der Waals surface area contributed by atoms with E-state index in [9.17, 15) is 5.11 Å². The zero-order valence-electron chi connectivity index (χ0n) is 9.82. The van der Waals surface area contributed by atoms with Crippen LogP contribution < -0.4 is 4.90 Å². The maximum Gasteiger partial charge on any atom is 0.139 e. The van der Waals surface area contributed by atoms with Crippen LogP contribution in [0.4, 0.5) is 11.4 Å². The van der Waals surface area contributed by atoms with Crippen molar-refractivity contribution in [2.75, 3.05) is 11.9 Å². The van der Waals surface area contributed by atoms with Gasteiger partial charge in [0.1, 0.15) is 5.75 Å². The number of aromatic hydroxyl groups is 1. The monoisotopic (exact) mass is 439 g/mol. The van der Waals surface area contributed by atoms with Crippen molar-refractivity contribution in [3.8, 4) is 5.75 Å². The summed E-state index contributed by atoms with van der Waals surface area (Å²) in [4.78, 5) is 1.95. The van der Waals surface area contributed by atoms with E-state index >= 15 is 0 Å². The third-order valence-electron chi connectivity index (χ3n) is 2.39. The Morgan fingerprint density at radius 3 is 1.83 bits per heavy atom. The van der Waals surface area contributed by atoms with Gasteiger partial charge < -0.3 is 10.0 Å². The number of hydrogen-bond acceptors (Lipinski definition) is 2. The van der Waals surface area contributed by atoms with E-state index in [0.717, 1.165) is 11.4 Å². The molecule has 100 valence electrons. The van der Waals surface area contributed by atoms with Gasteiger partial charge in [-0.05, 0) is 24.3 Å². The molecule has 0 radical (unpaired) electrons. The predicted octanol–water partition coefficient (Wildman–Crippen LogP) is 4.89. The van der Waals surface area contributed by atoms with Gasteiger partial charge in [-0.3, -0.25) is 0 Å². The molecule has 0 saturated heterocycles. The van der Waals surface area contributed by atoms with Crippen LogP contribution in [0.1, 0.15) is 0 Å². The molecular weight excluding hydrogens is 426 g/mol. The van der Waals surface area contributed by atoms with Crippen LogP contribution in [0.5, 0.6) is 5.75 Å². The van der Waals surface area contributed by atoms with Crippen LogP contribution in [0.2, 0.25) is 0 Å². The van der Waals surface area contributed by atoms with Crippen molar-refractivity contribution < 1.29 is 5.11 Å². The van der Waals surface area contributed by atoms with E-state index in [1.807, 2.05) is 60.5 Å². The number of halogens is 3. The lowest BCUT2D eigenvalue weighted by molar-refractivity contribution is 0.476. The van der Waals surface area contributed by atoms with Gasteiger partial charge in [0.15, 0.2) is 0 Å². The highest BCUT2D eigenvalue weighted by Gasteiger charge is 2.06. The molecule has 0 atom stereocenters. The first-order valence-electron chi connectivity index (χ1n) is 4.86. The molecule has 0 saturated carbocycles. The number of nitrogens with zero attached hydrogens (tertiary/aromatic N) is 1. The van der Waals surface area contributed by atoms with Crippen LogP contribution >= 0.6 is 50.9 Å². The van der Waals surface area contributed by atoms with E-state index in [1.165, 1.54) is 0 Å². The predicted molar refractivity (Wildman–Crippen MR) is 93.6 cm³/mol. The van der Waals surface area contributed by atoms with Crippen molar-refractivity contribution in [1.82, 2.24) is 0 Å². The molecule has 2 aromatic carbocycles. The fraction of sp³-hybridized carbons (Fsp3) is 0.0769. The molecule has 2 aromatic rings. The third-order valence-corrected chi connectivity index (χ3v) is 2.39. The van der Waals surface area contributed by atoms with Gasteiger partial charge in [0, 0.05) is 12.7 Å². The molecule has 2 nitrogen and oxygen atoms in total. The van der Waals surface area contributed by atoms with Gasteiger partial charge in [-0.25, -0.2) is 0 Å². The summed E-state index contributed by atoms with van der Waals surface area (Å²) in [7, 11) is 1.93. The summed E-state index contributed by atoms with van der Waals surface area (Å²) in [6, 6.07) is 17.3. The lowest BCUT2D eigenvalue weighted by atomic mass is 10.2. The quantitative estimate of drug-likeness (QED) is 0.717. The highest BCUT2D eigenvalue weighted by molar-refractivity contribution is 8.93. The van der Waals surface area contributed by atoms with Crippen LogP contribution in [0.3, 0.4) is 0 Å². The SMILES string of the molecule is Br.Br.Br.CN(c1ccccc1)c1ccccc1O.